The zero-order valence-corrected chi connectivity index (χ0v) is 16.5. The van der Waals surface area contributed by atoms with E-state index in [4.69, 9.17) is 0 Å². The van der Waals surface area contributed by atoms with Gasteiger partial charge in [0.1, 0.15) is 0 Å². The molecule has 0 aromatic heterocycles. The summed E-state index contributed by atoms with van der Waals surface area (Å²) in [4.78, 5) is 4.12. The average molecular weight is 389 g/mol. The zero-order valence-electron chi connectivity index (χ0n) is 15.7. The summed E-state index contributed by atoms with van der Waals surface area (Å²) in [5.41, 5.74) is 2.24. The molecule has 2 rings (SSSR count). The summed E-state index contributed by atoms with van der Waals surface area (Å²) in [5, 5.41) is 6.25. The third-order valence-electron chi connectivity index (χ3n) is 4.00. The van der Waals surface area contributed by atoms with Crippen molar-refractivity contribution in [2.75, 3.05) is 25.9 Å². The van der Waals surface area contributed by atoms with Gasteiger partial charge in [0.2, 0.25) is 10.0 Å². The third kappa shape index (κ3) is 8.70. The molecular formula is C20H28N4O2S. The van der Waals surface area contributed by atoms with Crippen LogP contribution in [0.1, 0.15) is 17.5 Å². The van der Waals surface area contributed by atoms with Crippen LogP contribution in [0.2, 0.25) is 0 Å². The maximum atomic E-state index is 12.1. The van der Waals surface area contributed by atoms with Crippen LogP contribution in [0.3, 0.4) is 0 Å². The molecule has 2 aromatic rings. The van der Waals surface area contributed by atoms with Gasteiger partial charge >= 0.3 is 0 Å². The lowest BCUT2D eigenvalue weighted by Crippen LogP contribution is -2.41. The molecule has 0 spiro atoms. The molecule has 6 nitrogen and oxygen atoms in total. The molecule has 146 valence electrons. The van der Waals surface area contributed by atoms with E-state index in [1.807, 2.05) is 48.5 Å². The van der Waals surface area contributed by atoms with Crippen molar-refractivity contribution in [1.29, 1.82) is 0 Å². The van der Waals surface area contributed by atoms with Crippen LogP contribution in [-0.4, -0.2) is 40.3 Å². The SMILES string of the molecule is CN=C(NCCCc1ccccc1)NCCS(=O)(=O)NCc1ccccc1. The molecule has 0 heterocycles. The normalized spacial score (nSPS) is 12.0. The first-order valence-electron chi connectivity index (χ1n) is 9.09. The van der Waals surface area contributed by atoms with Gasteiger partial charge in [-0.05, 0) is 24.0 Å². The van der Waals surface area contributed by atoms with Crippen molar-refractivity contribution in [3.63, 3.8) is 0 Å². The Morgan fingerprint density at radius 1 is 0.889 bits per heavy atom. The first-order valence-corrected chi connectivity index (χ1v) is 10.7. The topological polar surface area (TPSA) is 82.6 Å². The van der Waals surface area contributed by atoms with Crippen LogP contribution in [0, 0.1) is 0 Å². The fourth-order valence-electron chi connectivity index (χ4n) is 2.53. The Hall–Kier alpha value is -2.38. The van der Waals surface area contributed by atoms with E-state index in [1.165, 1.54) is 5.56 Å². The highest BCUT2D eigenvalue weighted by atomic mass is 32.2. The zero-order chi connectivity index (χ0) is 19.4. The van der Waals surface area contributed by atoms with Gasteiger partial charge in [0.15, 0.2) is 5.96 Å². The predicted octanol–water partition coefficient (Wildman–Crippen LogP) is 1.90. The van der Waals surface area contributed by atoms with Gasteiger partial charge in [0.05, 0.1) is 5.75 Å². The Kier molecular flexibility index (Phi) is 8.80. The smallest absolute Gasteiger partial charge is 0.213 e. The van der Waals surface area contributed by atoms with E-state index in [0.717, 1.165) is 24.9 Å². The highest BCUT2D eigenvalue weighted by Gasteiger charge is 2.10. The van der Waals surface area contributed by atoms with Gasteiger partial charge in [0, 0.05) is 26.7 Å². The van der Waals surface area contributed by atoms with Crippen molar-refractivity contribution in [2.45, 2.75) is 19.4 Å². The number of aliphatic imine (C=N–C) groups is 1. The number of rotatable bonds is 10. The second-order valence-electron chi connectivity index (χ2n) is 6.14. The van der Waals surface area contributed by atoms with Crippen molar-refractivity contribution in [3.8, 4) is 0 Å². The molecule has 0 aliphatic rings. The standard InChI is InChI=1S/C20H28N4O2S/c1-21-20(22-14-8-13-18-9-4-2-5-10-18)23-15-16-27(25,26)24-17-19-11-6-3-7-12-19/h2-7,9-12,24H,8,13-17H2,1H3,(H2,21,22,23). The fourth-order valence-corrected chi connectivity index (χ4v) is 3.43. The van der Waals surface area contributed by atoms with Gasteiger partial charge in [-0.2, -0.15) is 0 Å². The summed E-state index contributed by atoms with van der Waals surface area (Å²) < 4.78 is 26.8. The van der Waals surface area contributed by atoms with Crippen molar-refractivity contribution in [2.24, 2.45) is 4.99 Å². The van der Waals surface area contributed by atoms with E-state index in [9.17, 15) is 8.42 Å². The number of hydrogen-bond acceptors (Lipinski definition) is 3. The molecular weight excluding hydrogens is 360 g/mol. The van der Waals surface area contributed by atoms with Crippen molar-refractivity contribution in [1.82, 2.24) is 15.4 Å². The molecule has 0 aliphatic carbocycles. The molecule has 2 aromatic carbocycles. The fraction of sp³-hybridized carbons (Fsp3) is 0.350. The molecule has 0 bridgehead atoms. The summed E-state index contributed by atoms with van der Waals surface area (Å²) in [6, 6.07) is 19.8. The Morgan fingerprint density at radius 3 is 2.11 bits per heavy atom. The molecule has 0 radical (unpaired) electrons. The summed E-state index contributed by atoms with van der Waals surface area (Å²) >= 11 is 0. The first-order chi connectivity index (χ1) is 13.1. The summed E-state index contributed by atoms with van der Waals surface area (Å²) in [7, 11) is -1.66. The molecule has 0 fully saturated rings. The van der Waals surface area contributed by atoms with Crippen LogP contribution in [0.4, 0.5) is 0 Å². The molecule has 0 aliphatic heterocycles. The molecule has 0 saturated heterocycles. The van der Waals surface area contributed by atoms with E-state index in [2.05, 4.69) is 32.5 Å². The second-order valence-corrected chi connectivity index (χ2v) is 8.07. The second kappa shape index (κ2) is 11.4. The van der Waals surface area contributed by atoms with Crippen LogP contribution in [0.5, 0.6) is 0 Å². The molecule has 0 saturated carbocycles. The van der Waals surface area contributed by atoms with Gasteiger partial charge in [-0.1, -0.05) is 60.7 Å². The number of aryl methyl sites for hydroxylation is 1. The summed E-state index contributed by atoms with van der Waals surface area (Å²) in [6.45, 7) is 1.37. The van der Waals surface area contributed by atoms with Gasteiger partial charge in [0.25, 0.3) is 0 Å². The van der Waals surface area contributed by atoms with E-state index in [-0.39, 0.29) is 5.75 Å². The minimum absolute atomic E-state index is 0.00938. The molecule has 27 heavy (non-hydrogen) atoms. The number of hydrogen-bond donors (Lipinski definition) is 3. The predicted molar refractivity (Wildman–Crippen MR) is 111 cm³/mol. The maximum absolute atomic E-state index is 12.1. The number of nitrogens with zero attached hydrogens (tertiary/aromatic N) is 1. The van der Waals surface area contributed by atoms with E-state index >= 15 is 0 Å². The number of benzene rings is 2. The van der Waals surface area contributed by atoms with Crippen LogP contribution >= 0.6 is 0 Å². The Bertz CT molecular complexity index is 793. The Labute approximate surface area is 162 Å². The lowest BCUT2D eigenvalue weighted by Gasteiger charge is -2.12. The van der Waals surface area contributed by atoms with E-state index in [0.29, 0.717) is 19.0 Å². The van der Waals surface area contributed by atoms with Crippen molar-refractivity contribution in [3.05, 3.63) is 71.8 Å². The summed E-state index contributed by atoms with van der Waals surface area (Å²) in [6.07, 6.45) is 1.96. The van der Waals surface area contributed by atoms with Crippen molar-refractivity contribution < 1.29 is 8.42 Å². The first kappa shape index (κ1) is 20.9. The van der Waals surface area contributed by atoms with Gasteiger partial charge in [-0.15, -0.1) is 0 Å². The lowest BCUT2D eigenvalue weighted by molar-refractivity contribution is 0.580. The van der Waals surface area contributed by atoms with Crippen LogP contribution in [0.15, 0.2) is 65.7 Å². The monoisotopic (exact) mass is 388 g/mol. The highest BCUT2D eigenvalue weighted by molar-refractivity contribution is 7.89. The minimum atomic E-state index is -3.34. The quantitative estimate of drug-likeness (QED) is 0.330. The number of nitrogens with one attached hydrogen (secondary N) is 3. The lowest BCUT2D eigenvalue weighted by atomic mass is 10.1. The van der Waals surface area contributed by atoms with Crippen LogP contribution in [-0.2, 0) is 23.0 Å². The molecule has 0 atom stereocenters. The van der Waals surface area contributed by atoms with Gasteiger partial charge in [-0.25, -0.2) is 13.1 Å². The van der Waals surface area contributed by atoms with E-state index < -0.39 is 10.0 Å². The largest absolute Gasteiger partial charge is 0.356 e. The Morgan fingerprint density at radius 2 is 1.48 bits per heavy atom. The molecule has 7 heteroatoms. The average Bonchev–Trinajstić information content (AvgIpc) is 2.70. The number of sulfonamides is 1. The maximum Gasteiger partial charge on any atom is 0.213 e. The molecule has 0 amide bonds. The van der Waals surface area contributed by atoms with Crippen molar-refractivity contribution >= 4 is 16.0 Å². The highest BCUT2D eigenvalue weighted by Crippen LogP contribution is 2.01. The third-order valence-corrected chi connectivity index (χ3v) is 5.33. The van der Waals surface area contributed by atoms with Crippen LogP contribution in [0.25, 0.3) is 0 Å². The van der Waals surface area contributed by atoms with Crippen LogP contribution < -0.4 is 15.4 Å². The number of guanidine groups is 1. The van der Waals surface area contributed by atoms with E-state index in [1.54, 1.807) is 7.05 Å². The minimum Gasteiger partial charge on any atom is -0.356 e. The molecule has 3 N–H and O–H groups in total. The molecule has 0 unspecified atom stereocenters. The Balaban J connectivity index is 1.63. The van der Waals surface area contributed by atoms with Gasteiger partial charge in [-0.3, -0.25) is 4.99 Å². The van der Waals surface area contributed by atoms with Gasteiger partial charge < -0.3 is 10.6 Å². The summed E-state index contributed by atoms with van der Waals surface area (Å²) in [5.74, 6) is 0.603.